The lowest BCUT2D eigenvalue weighted by Gasteiger charge is -2.07. The van der Waals surface area contributed by atoms with E-state index in [2.05, 4.69) is 0 Å². The van der Waals surface area contributed by atoms with Crippen molar-refractivity contribution in [3.05, 3.63) is 69.5 Å². The minimum atomic E-state index is -0.552. The summed E-state index contributed by atoms with van der Waals surface area (Å²) in [6, 6.07) is 10.1. The topological polar surface area (TPSA) is 69.4 Å². The smallest absolute Gasteiger partial charge is 0.311 e. The monoisotopic (exact) mass is 303 g/mol. The zero-order chi connectivity index (χ0) is 16.1. The van der Waals surface area contributed by atoms with Crippen LogP contribution in [-0.2, 0) is 11.2 Å². The molecule has 0 unspecified atom stereocenters. The summed E-state index contributed by atoms with van der Waals surface area (Å²) in [6.07, 6.45) is 0.399. The Labute approximate surface area is 126 Å². The second-order valence-corrected chi connectivity index (χ2v) is 4.81. The van der Waals surface area contributed by atoms with Gasteiger partial charge in [0.05, 0.1) is 11.0 Å². The predicted octanol–water partition coefficient (Wildman–Crippen LogP) is 3.58. The molecule has 0 heterocycles. The summed E-state index contributed by atoms with van der Waals surface area (Å²) < 4.78 is 18.2. The van der Waals surface area contributed by atoms with Crippen LogP contribution in [-0.4, -0.2) is 10.9 Å². The molecule has 114 valence electrons. The number of aryl methyl sites for hydroxylation is 2. The van der Waals surface area contributed by atoms with E-state index < -0.39 is 10.9 Å². The van der Waals surface area contributed by atoms with E-state index >= 15 is 0 Å². The van der Waals surface area contributed by atoms with Gasteiger partial charge in [-0.1, -0.05) is 12.1 Å². The Morgan fingerprint density at radius 2 is 2.05 bits per heavy atom. The van der Waals surface area contributed by atoms with Crippen LogP contribution in [0.1, 0.15) is 17.5 Å². The molecule has 0 saturated carbocycles. The van der Waals surface area contributed by atoms with Gasteiger partial charge < -0.3 is 4.74 Å². The van der Waals surface area contributed by atoms with E-state index in [-0.39, 0.29) is 23.7 Å². The van der Waals surface area contributed by atoms with Crippen LogP contribution < -0.4 is 4.74 Å². The van der Waals surface area contributed by atoms with E-state index in [9.17, 15) is 19.3 Å². The number of hydrogen-bond acceptors (Lipinski definition) is 4. The van der Waals surface area contributed by atoms with Gasteiger partial charge >= 0.3 is 5.97 Å². The molecule has 0 aliphatic carbocycles. The highest BCUT2D eigenvalue weighted by atomic mass is 19.1. The first kappa shape index (κ1) is 15.6. The molecule has 0 fully saturated rings. The minimum Gasteiger partial charge on any atom is -0.426 e. The number of nitro benzene ring substituents is 1. The molecule has 0 aliphatic rings. The Bertz CT molecular complexity index is 715. The van der Waals surface area contributed by atoms with Crippen LogP contribution in [0.2, 0.25) is 0 Å². The maximum atomic E-state index is 13.0. The van der Waals surface area contributed by atoms with Gasteiger partial charge in [-0.25, -0.2) is 4.39 Å². The number of carbonyl (C=O) groups is 1. The summed E-state index contributed by atoms with van der Waals surface area (Å²) in [5.41, 5.74) is 1.18. The molecule has 22 heavy (non-hydrogen) atoms. The average molecular weight is 303 g/mol. The first-order valence-electron chi connectivity index (χ1n) is 6.66. The summed E-state index contributed by atoms with van der Waals surface area (Å²) in [5, 5.41) is 10.7. The Kier molecular flexibility index (Phi) is 4.83. The van der Waals surface area contributed by atoms with Crippen LogP contribution in [0.5, 0.6) is 5.75 Å². The van der Waals surface area contributed by atoms with Crippen molar-refractivity contribution < 1.29 is 18.8 Å². The molecule has 0 bridgehead atoms. The number of esters is 1. The molecule has 0 saturated heterocycles. The molecule has 5 nitrogen and oxygen atoms in total. The van der Waals surface area contributed by atoms with E-state index in [0.29, 0.717) is 17.5 Å². The van der Waals surface area contributed by atoms with Crippen molar-refractivity contribution in [1.29, 1.82) is 0 Å². The standard InChI is InChI=1S/C16H14FNO4/c1-11-5-7-14(18(20)21)10-15(11)22-16(19)8-6-12-3-2-4-13(17)9-12/h2-5,7,9-10H,6,8H2,1H3. The zero-order valence-electron chi connectivity index (χ0n) is 11.9. The quantitative estimate of drug-likeness (QED) is 0.366. The number of rotatable bonds is 5. The van der Waals surface area contributed by atoms with E-state index in [0.717, 1.165) is 0 Å². The van der Waals surface area contributed by atoms with E-state index in [1.807, 2.05) is 0 Å². The summed E-state index contributed by atoms with van der Waals surface area (Å²) in [7, 11) is 0. The van der Waals surface area contributed by atoms with E-state index in [1.165, 1.54) is 30.3 Å². The third-order valence-electron chi connectivity index (χ3n) is 3.11. The fourth-order valence-corrected chi connectivity index (χ4v) is 1.92. The maximum Gasteiger partial charge on any atom is 0.311 e. The second kappa shape index (κ2) is 6.80. The van der Waals surface area contributed by atoms with Crippen molar-refractivity contribution in [2.75, 3.05) is 0 Å². The fourth-order valence-electron chi connectivity index (χ4n) is 1.92. The van der Waals surface area contributed by atoms with Gasteiger partial charge in [0, 0.05) is 12.5 Å². The van der Waals surface area contributed by atoms with Gasteiger partial charge in [-0.2, -0.15) is 0 Å². The van der Waals surface area contributed by atoms with Crippen LogP contribution in [0.15, 0.2) is 42.5 Å². The molecule has 6 heteroatoms. The molecule has 0 radical (unpaired) electrons. The number of halogens is 1. The Balaban J connectivity index is 2.00. The summed E-state index contributed by atoms with van der Waals surface area (Å²) in [5.74, 6) is -0.716. The summed E-state index contributed by atoms with van der Waals surface area (Å²) in [4.78, 5) is 22.0. The number of carbonyl (C=O) groups excluding carboxylic acids is 1. The third kappa shape index (κ3) is 4.12. The van der Waals surface area contributed by atoms with Crippen molar-refractivity contribution in [3.63, 3.8) is 0 Å². The Morgan fingerprint density at radius 3 is 2.73 bits per heavy atom. The van der Waals surface area contributed by atoms with Gasteiger partial charge in [0.2, 0.25) is 0 Å². The average Bonchev–Trinajstić information content (AvgIpc) is 2.47. The molecule has 0 spiro atoms. The number of benzene rings is 2. The lowest BCUT2D eigenvalue weighted by molar-refractivity contribution is -0.384. The van der Waals surface area contributed by atoms with Gasteiger partial charge in [0.25, 0.3) is 5.69 Å². The predicted molar refractivity (Wildman–Crippen MR) is 78.2 cm³/mol. The normalized spacial score (nSPS) is 10.3. The first-order valence-corrected chi connectivity index (χ1v) is 6.66. The number of hydrogen-bond donors (Lipinski definition) is 0. The van der Waals surface area contributed by atoms with Crippen molar-refractivity contribution in [2.24, 2.45) is 0 Å². The summed E-state index contributed by atoms with van der Waals surface area (Å²) in [6.45, 7) is 1.69. The minimum absolute atomic E-state index is 0.0611. The van der Waals surface area contributed by atoms with Gasteiger partial charge in [0.15, 0.2) is 0 Å². The van der Waals surface area contributed by atoms with Crippen LogP contribution in [0.3, 0.4) is 0 Å². The lowest BCUT2D eigenvalue weighted by Crippen LogP contribution is -2.10. The largest absolute Gasteiger partial charge is 0.426 e. The van der Waals surface area contributed by atoms with Crippen molar-refractivity contribution >= 4 is 11.7 Å². The number of nitrogens with zero attached hydrogens (tertiary/aromatic N) is 1. The van der Waals surface area contributed by atoms with Crippen LogP contribution in [0.25, 0.3) is 0 Å². The van der Waals surface area contributed by atoms with Crippen LogP contribution in [0.4, 0.5) is 10.1 Å². The van der Waals surface area contributed by atoms with Crippen LogP contribution >= 0.6 is 0 Å². The molecule has 0 aliphatic heterocycles. The van der Waals surface area contributed by atoms with Gasteiger partial charge in [-0.3, -0.25) is 14.9 Å². The maximum absolute atomic E-state index is 13.0. The highest BCUT2D eigenvalue weighted by molar-refractivity contribution is 5.73. The van der Waals surface area contributed by atoms with Crippen molar-refractivity contribution in [2.45, 2.75) is 19.8 Å². The Morgan fingerprint density at radius 1 is 1.27 bits per heavy atom. The zero-order valence-corrected chi connectivity index (χ0v) is 11.9. The summed E-state index contributed by atoms with van der Waals surface area (Å²) >= 11 is 0. The molecule has 2 aromatic carbocycles. The van der Waals surface area contributed by atoms with Crippen molar-refractivity contribution in [3.8, 4) is 5.75 Å². The molecular weight excluding hydrogens is 289 g/mol. The highest BCUT2D eigenvalue weighted by Crippen LogP contribution is 2.24. The number of non-ortho nitro benzene ring substituents is 1. The molecule has 0 aromatic heterocycles. The molecule has 0 N–H and O–H groups in total. The number of ether oxygens (including phenoxy) is 1. The number of nitro groups is 1. The van der Waals surface area contributed by atoms with Crippen molar-refractivity contribution in [1.82, 2.24) is 0 Å². The molecular formula is C16H14FNO4. The SMILES string of the molecule is Cc1ccc([N+](=O)[O-])cc1OC(=O)CCc1cccc(F)c1. The highest BCUT2D eigenvalue weighted by Gasteiger charge is 2.13. The molecule has 0 amide bonds. The lowest BCUT2D eigenvalue weighted by atomic mass is 10.1. The van der Waals surface area contributed by atoms with E-state index in [1.54, 1.807) is 19.1 Å². The fraction of sp³-hybridized carbons (Fsp3) is 0.188. The van der Waals surface area contributed by atoms with Crippen LogP contribution in [0, 0.1) is 22.9 Å². The van der Waals surface area contributed by atoms with Gasteiger partial charge in [-0.15, -0.1) is 0 Å². The molecule has 0 atom stereocenters. The Hall–Kier alpha value is -2.76. The van der Waals surface area contributed by atoms with Gasteiger partial charge in [-0.05, 0) is 42.7 Å². The third-order valence-corrected chi connectivity index (χ3v) is 3.11. The van der Waals surface area contributed by atoms with E-state index in [4.69, 9.17) is 4.74 Å². The second-order valence-electron chi connectivity index (χ2n) is 4.81. The first-order chi connectivity index (χ1) is 10.5. The molecule has 2 aromatic rings. The molecule has 2 rings (SSSR count). The van der Waals surface area contributed by atoms with Gasteiger partial charge in [0.1, 0.15) is 11.6 Å².